The lowest BCUT2D eigenvalue weighted by atomic mass is 10.1. The number of benzene rings is 1. The molecule has 4 nitrogen and oxygen atoms in total. The number of carbonyl (C=O) groups is 2. The van der Waals surface area contributed by atoms with Crippen LogP contribution in [-0.4, -0.2) is 25.0 Å². The first-order chi connectivity index (χ1) is 8.99. The van der Waals surface area contributed by atoms with Crippen molar-refractivity contribution < 1.29 is 14.3 Å². The van der Waals surface area contributed by atoms with E-state index in [1.54, 1.807) is 12.1 Å². The molecule has 0 saturated carbocycles. The fraction of sp³-hybridized carbons (Fsp3) is 0.467. The van der Waals surface area contributed by atoms with E-state index in [9.17, 15) is 9.59 Å². The van der Waals surface area contributed by atoms with Crippen LogP contribution >= 0.6 is 0 Å². The molecule has 0 aliphatic rings. The zero-order valence-corrected chi connectivity index (χ0v) is 11.7. The van der Waals surface area contributed by atoms with Crippen molar-refractivity contribution in [3.63, 3.8) is 0 Å². The summed E-state index contributed by atoms with van der Waals surface area (Å²) in [6.07, 6.45) is 0.199. The molecule has 0 saturated heterocycles. The standard InChI is InChI=1S/C15H21NO3/c1-11(2)10-19-14(17)8-9-16-15(18)13-6-4-12(3)5-7-13/h4-7,11H,8-10H2,1-3H3,(H,16,18). The van der Waals surface area contributed by atoms with E-state index >= 15 is 0 Å². The second kappa shape index (κ2) is 7.56. The van der Waals surface area contributed by atoms with Crippen LogP contribution in [0.5, 0.6) is 0 Å². The topological polar surface area (TPSA) is 55.4 Å². The summed E-state index contributed by atoms with van der Waals surface area (Å²) in [7, 11) is 0. The number of aryl methyl sites for hydroxylation is 1. The predicted octanol–water partition coefficient (Wildman–Crippen LogP) is 2.31. The molecule has 0 aliphatic carbocycles. The predicted molar refractivity (Wildman–Crippen MR) is 73.9 cm³/mol. The van der Waals surface area contributed by atoms with Gasteiger partial charge in [-0.2, -0.15) is 0 Å². The lowest BCUT2D eigenvalue weighted by molar-refractivity contribution is -0.144. The number of hydrogen-bond donors (Lipinski definition) is 1. The Morgan fingerprint density at radius 3 is 2.42 bits per heavy atom. The fourth-order valence-corrected chi connectivity index (χ4v) is 1.42. The molecular weight excluding hydrogens is 242 g/mol. The number of amides is 1. The van der Waals surface area contributed by atoms with Crippen LogP contribution in [0.1, 0.15) is 36.2 Å². The minimum Gasteiger partial charge on any atom is -0.465 e. The average Bonchev–Trinajstić information content (AvgIpc) is 2.37. The van der Waals surface area contributed by atoms with Crippen molar-refractivity contribution in [2.45, 2.75) is 27.2 Å². The van der Waals surface area contributed by atoms with Crippen LogP contribution in [0.25, 0.3) is 0 Å². The third-order valence-electron chi connectivity index (χ3n) is 2.51. The van der Waals surface area contributed by atoms with Gasteiger partial charge in [-0.15, -0.1) is 0 Å². The zero-order valence-electron chi connectivity index (χ0n) is 11.7. The maximum atomic E-state index is 11.7. The summed E-state index contributed by atoms with van der Waals surface area (Å²) in [5, 5.41) is 2.70. The molecule has 1 N–H and O–H groups in total. The highest BCUT2D eigenvalue weighted by Gasteiger charge is 2.07. The van der Waals surface area contributed by atoms with Crippen LogP contribution in [0.2, 0.25) is 0 Å². The Bertz CT molecular complexity index is 424. The van der Waals surface area contributed by atoms with Gasteiger partial charge in [-0.25, -0.2) is 0 Å². The largest absolute Gasteiger partial charge is 0.465 e. The molecule has 0 atom stereocenters. The van der Waals surface area contributed by atoms with Gasteiger partial charge in [0.2, 0.25) is 0 Å². The maximum Gasteiger partial charge on any atom is 0.307 e. The van der Waals surface area contributed by atoms with E-state index in [0.717, 1.165) is 5.56 Å². The smallest absolute Gasteiger partial charge is 0.307 e. The molecule has 0 unspecified atom stereocenters. The summed E-state index contributed by atoms with van der Waals surface area (Å²) in [6, 6.07) is 7.29. The normalized spacial score (nSPS) is 10.3. The molecule has 1 aromatic carbocycles. The lowest BCUT2D eigenvalue weighted by Crippen LogP contribution is -2.26. The summed E-state index contributed by atoms with van der Waals surface area (Å²) in [4.78, 5) is 23.1. The van der Waals surface area contributed by atoms with E-state index in [1.165, 1.54) is 0 Å². The molecular formula is C15H21NO3. The van der Waals surface area contributed by atoms with Crippen molar-refractivity contribution in [2.75, 3.05) is 13.2 Å². The third-order valence-corrected chi connectivity index (χ3v) is 2.51. The van der Waals surface area contributed by atoms with E-state index in [1.807, 2.05) is 32.9 Å². The quantitative estimate of drug-likeness (QED) is 0.801. The number of ether oxygens (including phenoxy) is 1. The SMILES string of the molecule is Cc1ccc(C(=O)NCCC(=O)OCC(C)C)cc1. The average molecular weight is 263 g/mol. The summed E-state index contributed by atoms with van der Waals surface area (Å²) in [5.41, 5.74) is 1.70. The summed E-state index contributed by atoms with van der Waals surface area (Å²) in [5.74, 6) is -0.124. The van der Waals surface area contributed by atoms with Gasteiger partial charge in [0.25, 0.3) is 5.91 Å². The molecule has 1 amide bonds. The van der Waals surface area contributed by atoms with Crippen LogP contribution in [0.4, 0.5) is 0 Å². The molecule has 0 aromatic heterocycles. The second-order valence-corrected chi connectivity index (χ2v) is 4.95. The molecule has 1 aromatic rings. The van der Waals surface area contributed by atoms with Crippen molar-refractivity contribution in [3.05, 3.63) is 35.4 Å². The van der Waals surface area contributed by atoms with Gasteiger partial charge in [0.05, 0.1) is 13.0 Å². The van der Waals surface area contributed by atoms with Crippen molar-refractivity contribution in [1.29, 1.82) is 0 Å². The van der Waals surface area contributed by atoms with Crippen molar-refractivity contribution >= 4 is 11.9 Å². The second-order valence-electron chi connectivity index (χ2n) is 4.95. The Balaban J connectivity index is 2.27. The molecule has 0 fully saturated rings. The van der Waals surface area contributed by atoms with Gasteiger partial charge in [0, 0.05) is 12.1 Å². The van der Waals surface area contributed by atoms with E-state index in [2.05, 4.69) is 5.32 Å². The first-order valence-electron chi connectivity index (χ1n) is 6.49. The van der Waals surface area contributed by atoms with Gasteiger partial charge in [0.15, 0.2) is 0 Å². The Morgan fingerprint density at radius 2 is 1.84 bits per heavy atom. The minimum atomic E-state index is -0.280. The highest BCUT2D eigenvalue weighted by atomic mass is 16.5. The first-order valence-corrected chi connectivity index (χ1v) is 6.49. The summed E-state index contributed by atoms with van der Waals surface area (Å²) >= 11 is 0. The van der Waals surface area contributed by atoms with Crippen LogP contribution in [0.15, 0.2) is 24.3 Å². The van der Waals surface area contributed by atoms with Crippen LogP contribution in [0, 0.1) is 12.8 Å². The molecule has 0 aliphatic heterocycles. The van der Waals surface area contributed by atoms with Gasteiger partial charge >= 0.3 is 5.97 Å². The van der Waals surface area contributed by atoms with Crippen molar-refractivity contribution in [2.24, 2.45) is 5.92 Å². The number of nitrogens with one attached hydrogen (secondary N) is 1. The lowest BCUT2D eigenvalue weighted by Gasteiger charge is -2.08. The number of carbonyl (C=O) groups excluding carboxylic acids is 2. The van der Waals surface area contributed by atoms with Gasteiger partial charge in [0.1, 0.15) is 0 Å². The highest BCUT2D eigenvalue weighted by Crippen LogP contribution is 2.02. The highest BCUT2D eigenvalue weighted by molar-refractivity contribution is 5.94. The molecule has 0 heterocycles. The Morgan fingerprint density at radius 1 is 1.21 bits per heavy atom. The van der Waals surface area contributed by atoms with Crippen molar-refractivity contribution in [1.82, 2.24) is 5.32 Å². The Hall–Kier alpha value is -1.84. The van der Waals surface area contributed by atoms with Gasteiger partial charge in [-0.1, -0.05) is 31.5 Å². The Kier molecular flexibility index (Phi) is 6.06. The van der Waals surface area contributed by atoms with E-state index < -0.39 is 0 Å². The van der Waals surface area contributed by atoms with Crippen molar-refractivity contribution in [3.8, 4) is 0 Å². The molecule has 1 rings (SSSR count). The summed E-state index contributed by atoms with van der Waals surface area (Å²) in [6.45, 7) is 6.64. The minimum absolute atomic E-state index is 0.170. The zero-order chi connectivity index (χ0) is 14.3. The van der Waals surface area contributed by atoms with Crippen LogP contribution < -0.4 is 5.32 Å². The molecule has 0 radical (unpaired) electrons. The maximum absolute atomic E-state index is 11.7. The van der Waals surface area contributed by atoms with E-state index in [-0.39, 0.29) is 18.3 Å². The summed E-state index contributed by atoms with van der Waals surface area (Å²) < 4.78 is 5.02. The molecule has 4 heteroatoms. The molecule has 19 heavy (non-hydrogen) atoms. The van der Waals surface area contributed by atoms with Gasteiger partial charge < -0.3 is 10.1 Å². The molecule has 0 bridgehead atoms. The number of esters is 1. The first kappa shape index (κ1) is 15.2. The third kappa shape index (κ3) is 6.04. The van der Waals surface area contributed by atoms with E-state index in [0.29, 0.717) is 24.6 Å². The van der Waals surface area contributed by atoms with Crippen LogP contribution in [-0.2, 0) is 9.53 Å². The van der Waals surface area contributed by atoms with Gasteiger partial charge in [-0.05, 0) is 25.0 Å². The van der Waals surface area contributed by atoms with Gasteiger partial charge in [-0.3, -0.25) is 9.59 Å². The molecule has 104 valence electrons. The Labute approximate surface area is 114 Å². The monoisotopic (exact) mass is 263 g/mol. The molecule has 0 spiro atoms. The number of hydrogen-bond acceptors (Lipinski definition) is 3. The van der Waals surface area contributed by atoms with Crippen LogP contribution in [0.3, 0.4) is 0 Å². The number of rotatable bonds is 6. The fourth-order valence-electron chi connectivity index (χ4n) is 1.42. The van der Waals surface area contributed by atoms with E-state index in [4.69, 9.17) is 4.74 Å².